The third-order valence-electron chi connectivity index (χ3n) is 2.33. The molecular formula is C12H13FN2S2. The third-order valence-corrected chi connectivity index (χ3v) is 4.71. The maximum atomic E-state index is 13.7. The van der Waals surface area contributed by atoms with Gasteiger partial charge in [-0.1, -0.05) is 30.0 Å². The van der Waals surface area contributed by atoms with Gasteiger partial charge in [-0.05, 0) is 13.0 Å². The average molecular weight is 268 g/mol. The fourth-order valence-corrected chi connectivity index (χ4v) is 3.47. The Morgan fingerprint density at radius 3 is 2.76 bits per heavy atom. The molecule has 90 valence electrons. The number of nitrogens with two attached hydrogens (primary N) is 1. The highest BCUT2D eigenvalue weighted by atomic mass is 32.2. The van der Waals surface area contributed by atoms with Gasteiger partial charge in [0, 0.05) is 23.2 Å². The van der Waals surface area contributed by atoms with E-state index in [1.165, 1.54) is 17.8 Å². The predicted octanol–water partition coefficient (Wildman–Crippen LogP) is 3.46. The smallest absolute Gasteiger partial charge is 0.150 e. The lowest BCUT2D eigenvalue weighted by molar-refractivity contribution is 0.592. The van der Waals surface area contributed by atoms with Gasteiger partial charge in [0.05, 0.1) is 5.25 Å². The number of thiazole rings is 1. The SMILES string of the molecule is CC(N)C(Sc1nccs1)c1ccccc1F. The summed E-state index contributed by atoms with van der Waals surface area (Å²) in [6.45, 7) is 1.89. The Bertz CT molecular complexity index is 471. The van der Waals surface area contributed by atoms with E-state index >= 15 is 0 Å². The second kappa shape index (κ2) is 5.62. The van der Waals surface area contributed by atoms with E-state index in [4.69, 9.17) is 5.73 Å². The lowest BCUT2D eigenvalue weighted by Gasteiger charge is -2.19. The molecule has 0 fully saturated rings. The van der Waals surface area contributed by atoms with E-state index in [0.717, 1.165) is 4.34 Å². The molecule has 2 rings (SSSR count). The first-order valence-corrected chi connectivity index (χ1v) is 7.00. The van der Waals surface area contributed by atoms with Crippen LogP contribution in [0.25, 0.3) is 0 Å². The molecule has 0 aliphatic heterocycles. The van der Waals surface area contributed by atoms with Crippen LogP contribution in [-0.2, 0) is 0 Å². The molecule has 0 spiro atoms. The molecule has 1 aromatic heterocycles. The molecule has 0 saturated heterocycles. The van der Waals surface area contributed by atoms with Crippen LogP contribution in [0, 0.1) is 5.82 Å². The highest BCUT2D eigenvalue weighted by Crippen LogP contribution is 2.38. The van der Waals surface area contributed by atoms with Crippen molar-refractivity contribution in [3.63, 3.8) is 0 Å². The van der Waals surface area contributed by atoms with Gasteiger partial charge >= 0.3 is 0 Å². The summed E-state index contributed by atoms with van der Waals surface area (Å²) in [7, 11) is 0. The summed E-state index contributed by atoms with van der Waals surface area (Å²) >= 11 is 3.06. The van der Waals surface area contributed by atoms with E-state index in [0.29, 0.717) is 5.56 Å². The minimum atomic E-state index is -0.209. The van der Waals surface area contributed by atoms with Crippen LogP contribution in [-0.4, -0.2) is 11.0 Å². The molecular weight excluding hydrogens is 255 g/mol. The van der Waals surface area contributed by atoms with Crippen LogP contribution in [0.1, 0.15) is 17.7 Å². The molecule has 2 nitrogen and oxygen atoms in total. The summed E-state index contributed by atoms with van der Waals surface area (Å²) in [5, 5.41) is 1.80. The first kappa shape index (κ1) is 12.5. The molecule has 5 heteroatoms. The number of hydrogen-bond donors (Lipinski definition) is 1. The largest absolute Gasteiger partial charge is 0.327 e. The minimum Gasteiger partial charge on any atom is -0.327 e. The van der Waals surface area contributed by atoms with Crippen LogP contribution in [0.3, 0.4) is 0 Å². The van der Waals surface area contributed by atoms with E-state index in [-0.39, 0.29) is 17.1 Å². The number of aromatic nitrogens is 1. The van der Waals surface area contributed by atoms with Gasteiger partial charge < -0.3 is 5.73 Å². The molecule has 2 aromatic rings. The maximum absolute atomic E-state index is 13.7. The zero-order valence-corrected chi connectivity index (χ0v) is 11.0. The van der Waals surface area contributed by atoms with Crippen molar-refractivity contribution >= 4 is 23.1 Å². The Hall–Kier alpha value is -0.910. The normalized spacial score (nSPS) is 14.5. The monoisotopic (exact) mass is 268 g/mol. The van der Waals surface area contributed by atoms with E-state index in [1.54, 1.807) is 29.7 Å². The third kappa shape index (κ3) is 3.06. The lowest BCUT2D eigenvalue weighted by atomic mass is 10.1. The van der Waals surface area contributed by atoms with Crippen molar-refractivity contribution in [2.45, 2.75) is 22.6 Å². The summed E-state index contributed by atoms with van der Waals surface area (Å²) in [6.07, 6.45) is 1.74. The zero-order valence-electron chi connectivity index (χ0n) is 9.34. The summed E-state index contributed by atoms with van der Waals surface area (Å²) in [6, 6.07) is 6.62. The van der Waals surface area contributed by atoms with E-state index in [9.17, 15) is 4.39 Å². The molecule has 0 amide bonds. The van der Waals surface area contributed by atoms with Crippen molar-refractivity contribution < 1.29 is 4.39 Å². The van der Waals surface area contributed by atoms with E-state index in [2.05, 4.69) is 4.98 Å². The Kier molecular flexibility index (Phi) is 4.15. The number of nitrogens with zero attached hydrogens (tertiary/aromatic N) is 1. The molecule has 0 radical (unpaired) electrons. The standard InChI is InChI=1S/C12H13FN2S2/c1-8(14)11(17-12-15-6-7-16-12)9-4-2-3-5-10(9)13/h2-8,11H,14H2,1H3. The summed E-state index contributed by atoms with van der Waals surface area (Å²) in [5.74, 6) is -0.209. The Labute approximate surface area is 108 Å². The fourth-order valence-electron chi connectivity index (χ4n) is 1.54. The molecule has 2 unspecified atom stereocenters. The van der Waals surface area contributed by atoms with Crippen molar-refractivity contribution in [3.8, 4) is 0 Å². The number of thioether (sulfide) groups is 1. The number of rotatable bonds is 4. The predicted molar refractivity (Wildman–Crippen MR) is 70.8 cm³/mol. The molecule has 0 aliphatic rings. The summed E-state index contributed by atoms with van der Waals surface area (Å²) < 4.78 is 14.7. The van der Waals surface area contributed by atoms with Gasteiger partial charge in [-0.15, -0.1) is 11.3 Å². The Balaban J connectivity index is 2.27. The zero-order chi connectivity index (χ0) is 12.3. The van der Waals surface area contributed by atoms with Crippen LogP contribution >= 0.6 is 23.1 Å². The van der Waals surface area contributed by atoms with Crippen molar-refractivity contribution in [1.29, 1.82) is 0 Å². The molecule has 1 heterocycles. The van der Waals surface area contributed by atoms with Crippen LogP contribution in [0.15, 0.2) is 40.2 Å². The Morgan fingerprint density at radius 2 is 2.18 bits per heavy atom. The minimum absolute atomic E-state index is 0.109. The first-order valence-electron chi connectivity index (χ1n) is 5.24. The second-order valence-electron chi connectivity index (χ2n) is 3.72. The maximum Gasteiger partial charge on any atom is 0.150 e. The van der Waals surface area contributed by atoms with Crippen molar-refractivity contribution in [1.82, 2.24) is 4.98 Å². The quantitative estimate of drug-likeness (QED) is 0.863. The first-order chi connectivity index (χ1) is 8.18. The molecule has 2 N–H and O–H groups in total. The molecule has 1 aromatic carbocycles. The van der Waals surface area contributed by atoms with Gasteiger partial charge in [-0.25, -0.2) is 9.37 Å². The van der Waals surface area contributed by atoms with E-state index < -0.39 is 0 Å². The van der Waals surface area contributed by atoms with Crippen LogP contribution < -0.4 is 5.73 Å². The van der Waals surface area contributed by atoms with Crippen LogP contribution in [0.5, 0.6) is 0 Å². The lowest BCUT2D eigenvalue weighted by Crippen LogP contribution is -2.23. The highest BCUT2D eigenvalue weighted by Gasteiger charge is 2.21. The van der Waals surface area contributed by atoms with E-state index in [1.807, 2.05) is 18.4 Å². The van der Waals surface area contributed by atoms with Gasteiger partial charge in [0.2, 0.25) is 0 Å². The number of benzene rings is 1. The topological polar surface area (TPSA) is 38.9 Å². The van der Waals surface area contributed by atoms with Gasteiger partial charge in [-0.3, -0.25) is 0 Å². The molecule has 0 bridgehead atoms. The van der Waals surface area contributed by atoms with Gasteiger partial charge in [0.15, 0.2) is 0 Å². The number of hydrogen-bond acceptors (Lipinski definition) is 4. The molecule has 0 saturated carbocycles. The summed E-state index contributed by atoms with van der Waals surface area (Å²) in [5.41, 5.74) is 6.58. The highest BCUT2D eigenvalue weighted by molar-refractivity contribution is 8.01. The van der Waals surface area contributed by atoms with Gasteiger partial charge in [-0.2, -0.15) is 0 Å². The van der Waals surface area contributed by atoms with Crippen LogP contribution in [0.4, 0.5) is 4.39 Å². The van der Waals surface area contributed by atoms with Crippen molar-refractivity contribution in [2.75, 3.05) is 0 Å². The molecule has 17 heavy (non-hydrogen) atoms. The van der Waals surface area contributed by atoms with Crippen molar-refractivity contribution in [2.24, 2.45) is 5.73 Å². The summed E-state index contributed by atoms with van der Waals surface area (Å²) in [4.78, 5) is 4.20. The molecule has 0 aliphatic carbocycles. The van der Waals surface area contributed by atoms with Crippen molar-refractivity contribution in [3.05, 3.63) is 47.2 Å². The second-order valence-corrected chi connectivity index (χ2v) is 6.00. The van der Waals surface area contributed by atoms with Gasteiger partial charge in [0.25, 0.3) is 0 Å². The molecule has 2 atom stereocenters. The average Bonchev–Trinajstić information content (AvgIpc) is 2.79. The Morgan fingerprint density at radius 1 is 1.41 bits per heavy atom. The number of halogens is 1. The fraction of sp³-hybridized carbons (Fsp3) is 0.250. The van der Waals surface area contributed by atoms with Gasteiger partial charge in [0.1, 0.15) is 10.2 Å². The van der Waals surface area contributed by atoms with Crippen LogP contribution in [0.2, 0.25) is 0 Å².